The molecule has 0 fully saturated rings. The van der Waals surface area contributed by atoms with Crippen LogP contribution >= 0.6 is 0 Å². The molecule has 0 radical (unpaired) electrons. The van der Waals surface area contributed by atoms with Gasteiger partial charge in [0, 0.05) is 5.56 Å². The van der Waals surface area contributed by atoms with Crippen LogP contribution in [-0.2, 0) is 5.60 Å². The molecule has 0 atom stereocenters. The second kappa shape index (κ2) is 8.97. The average molecular weight is 410 g/mol. The fourth-order valence-electron chi connectivity index (χ4n) is 3.75. The molecule has 6 nitrogen and oxygen atoms in total. The molecule has 0 aliphatic carbocycles. The Morgan fingerprint density at radius 2 is 0.833 bits per heavy atom. The first-order valence-electron chi connectivity index (χ1n) is 9.35. The molecule has 0 saturated carbocycles. The first kappa shape index (κ1) is 21.3. The first-order valence-corrected chi connectivity index (χ1v) is 9.35. The van der Waals surface area contributed by atoms with Crippen LogP contribution in [-0.4, -0.2) is 40.7 Å². The van der Waals surface area contributed by atoms with Crippen molar-refractivity contribution in [3.05, 3.63) is 77.4 Å². The lowest BCUT2D eigenvalue weighted by molar-refractivity contribution is 0.108. The summed E-state index contributed by atoms with van der Waals surface area (Å²) in [5.74, 6) is 2.25. The number of para-hydroxylation sites is 1. The lowest BCUT2D eigenvalue weighted by atomic mass is 9.78. The van der Waals surface area contributed by atoms with Crippen LogP contribution in [0.3, 0.4) is 0 Å². The Morgan fingerprint density at radius 3 is 1.20 bits per heavy atom. The Labute approximate surface area is 176 Å². The van der Waals surface area contributed by atoms with E-state index >= 15 is 0 Å². The van der Waals surface area contributed by atoms with Gasteiger partial charge in [-0.3, -0.25) is 0 Å². The van der Waals surface area contributed by atoms with Crippen LogP contribution in [0.4, 0.5) is 0 Å². The second-order valence-electron chi connectivity index (χ2n) is 6.49. The zero-order chi connectivity index (χ0) is 21.7. The van der Waals surface area contributed by atoms with Crippen LogP contribution in [0.1, 0.15) is 16.7 Å². The Hall–Kier alpha value is -3.38. The number of ether oxygens (including phenoxy) is 5. The molecule has 30 heavy (non-hydrogen) atoms. The summed E-state index contributed by atoms with van der Waals surface area (Å²) in [6.45, 7) is 0. The maximum atomic E-state index is 12.6. The van der Waals surface area contributed by atoms with Crippen molar-refractivity contribution in [2.24, 2.45) is 0 Å². The second-order valence-corrected chi connectivity index (χ2v) is 6.49. The van der Waals surface area contributed by atoms with Crippen LogP contribution < -0.4 is 23.7 Å². The van der Waals surface area contributed by atoms with E-state index in [9.17, 15) is 5.11 Å². The maximum Gasteiger partial charge on any atom is 0.158 e. The molecule has 6 heteroatoms. The van der Waals surface area contributed by atoms with Gasteiger partial charge in [-0.2, -0.15) is 0 Å². The summed E-state index contributed by atoms with van der Waals surface area (Å²) < 4.78 is 28.1. The van der Waals surface area contributed by atoms with Crippen molar-refractivity contribution in [3.63, 3.8) is 0 Å². The Balaban J connectivity index is 2.55. The molecule has 0 aliphatic rings. The van der Waals surface area contributed by atoms with Gasteiger partial charge in [-0.1, -0.05) is 30.3 Å². The molecule has 3 aromatic rings. The van der Waals surface area contributed by atoms with E-state index in [1.54, 1.807) is 84.1 Å². The molecule has 0 unspecified atom stereocenters. The summed E-state index contributed by atoms with van der Waals surface area (Å²) in [7, 11) is 7.72. The third kappa shape index (κ3) is 3.39. The summed E-state index contributed by atoms with van der Waals surface area (Å²) in [6.07, 6.45) is 0. The summed E-state index contributed by atoms with van der Waals surface area (Å²) in [5.41, 5.74) is -0.495. The lowest BCUT2D eigenvalue weighted by Gasteiger charge is -2.35. The van der Waals surface area contributed by atoms with E-state index in [4.69, 9.17) is 23.7 Å². The molecule has 0 amide bonds. The van der Waals surface area contributed by atoms with E-state index in [-0.39, 0.29) is 0 Å². The van der Waals surface area contributed by atoms with Crippen molar-refractivity contribution >= 4 is 0 Å². The number of aliphatic hydroxyl groups is 1. The number of hydrogen-bond donors (Lipinski definition) is 1. The van der Waals surface area contributed by atoms with Crippen molar-refractivity contribution < 1.29 is 28.8 Å². The van der Waals surface area contributed by atoms with Crippen LogP contribution in [0.15, 0.2) is 60.7 Å². The lowest BCUT2D eigenvalue weighted by Crippen LogP contribution is -2.32. The Kier molecular flexibility index (Phi) is 6.37. The highest BCUT2D eigenvalue weighted by atomic mass is 16.5. The Bertz CT molecular complexity index is 914. The Morgan fingerprint density at radius 1 is 0.500 bits per heavy atom. The van der Waals surface area contributed by atoms with E-state index in [2.05, 4.69) is 0 Å². The zero-order valence-corrected chi connectivity index (χ0v) is 17.8. The quantitative estimate of drug-likeness (QED) is 0.566. The van der Waals surface area contributed by atoms with Crippen molar-refractivity contribution in [3.8, 4) is 28.7 Å². The highest BCUT2D eigenvalue weighted by molar-refractivity contribution is 5.66. The van der Waals surface area contributed by atoms with Crippen molar-refractivity contribution in [2.45, 2.75) is 5.60 Å². The predicted octanol–water partition coefficient (Wildman–Crippen LogP) is 4.01. The van der Waals surface area contributed by atoms with E-state index in [1.807, 2.05) is 12.1 Å². The van der Waals surface area contributed by atoms with Gasteiger partial charge in [-0.15, -0.1) is 0 Å². The van der Waals surface area contributed by atoms with E-state index < -0.39 is 5.60 Å². The molecule has 0 saturated heterocycles. The molecule has 1 N–H and O–H groups in total. The summed E-state index contributed by atoms with van der Waals surface area (Å²) >= 11 is 0. The monoisotopic (exact) mass is 410 g/mol. The molecular weight excluding hydrogens is 384 g/mol. The fraction of sp³-hybridized carbons (Fsp3) is 0.250. The van der Waals surface area contributed by atoms with Crippen LogP contribution in [0.2, 0.25) is 0 Å². The molecule has 0 spiro atoms. The van der Waals surface area contributed by atoms with Gasteiger partial charge in [0.15, 0.2) is 5.60 Å². The molecule has 0 aromatic heterocycles. The van der Waals surface area contributed by atoms with E-state index in [1.165, 1.54) is 0 Å². The number of benzene rings is 3. The minimum atomic E-state index is -1.79. The molecule has 0 heterocycles. The normalized spacial score (nSPS) is 11.0. The van der Waals surface area contributed by atoms with Gasteiger partial charge >= 0.3 is 0 Å². The number of hydrogen-bond acceptors (Lipinski definition) is 6. The third-order valence-electron chi connectivity index (χ3n) is 5.08. The van der Waals surface area contributed by atoms with Crippen LogP contribution in [0.25, 0.3) is 0 Å². The molecule has 3 aromatic carbocycles. The zero-order valence-electron chi connectivity index (χ0n) is 17.8. The summed E-state index contributed by atoms with van der Waals surface area (Å²) in [6, 6.07) is 17.9. The van der Waals surface area contributed by atoms with Gasteiger partial charge in [0.2, 0.25) is 0 Å². The number of rotatable bonds is 8. The predicted molar refractivity (Wildman–Crippen MR) is 114 cm³/mol. The molecule has 3 rings (SSSR count). The van der Waals surface area contributed by atoms with Gasteiger partial charge in [0.1, 0.15) is 28.7 Å². The summed E-state index contributed by atoms with van der Waals surface area (Å²) in [4.78, 5) is 0. The number of methoxy groups -OCH3 is 5. The molecule has 0 bridgehead atoms. The smallest absolute Gasteiger partial charge is 0.158 e. The molecular formula is C24H26O6. The minimum Gasteiger partial charge on any atom is -0.496 e. The largest absolute Gasteiger partial charge is 0.496 e. The highest BCUT2D eigenvalue weighted by Crippen LogP contribution is 2.53. The van der Waals surface area contributed by atoms with Crippen molar-refractivity contribution in [1.29, 1.82) is 0 Å². The summed E-state index contributed by atoms with van der Waals surface area (Å²) in [5, 5.41) is 12.6. The SMILES string of the molecule is COc1ccccc1C(O)(c1c(OC)cccc1OC)c1c(OC)cccc1OC. The van der Waals surface area contributed by atoms with Crippen LogP contribution in [0.5, 0.6) is 28.7 Å². The van der Waals surface area contributed by atoms with Gasteiger partial charge in [0.05, 0.1) is 46.7 Å². The van der Waals surface area contributed by atoms with Gasteiger partial charge in [-0.05, 0) is 30.3 Å². The molecule has 0 aliphatic heterocycles. The average Bonchev–Trinajstić information content (AvgIpc) is 2.82. The van der Waals surface area contributed by atoms with Crippen molar-refractivity contribution in [1.82, 2.24) is 0 Å². The highest BCUT2D eigenvalue weighted by Gasteiger charge is 2.45. The maximum absolute atomic E-state index is 12.6. The van der Waals surface area contributed by atoms with Gasteiger partial charge in [-0.25, -0.2) is 0 Å². The van der Waals surface area contributed by atoms with Gasteiger partial charge < -0.3 is 28.8 Å². The topological polar surface area (TPSA) is 66.4 Å². The van der Waals surface area contributed by atoms with E-state index in [0.29, 0.717) is 45.4 Å². The minimum absolute atomic E-state index is 0.405. The van der Waals surface area contributed by atoms with Crippen LogP contribution in [0, 0.1) is 0 Å². The first-order chi connectivity index (χ1) is 14.6. The third-order valence-corrected chi connectivity index (χ3v) is 5.08. The molecule has 158 valence electrons. The fourth-order valence-corrected chi connectivity index (χ4v) is 3.75. The standard InChI is InChI=1S/C24H26O6/c1-26-17-11-7-6-10-16(17)24(25,22-18(27-2)12-8-13-19(22)28-3)23-20(29-4)14-9-15-21(23)30-5/h6-15,25H,1-5H3. The van der Waals surface area contributed by atoms with Gasteiger partial charge in [0.25, 0.3) is 0 Å². The van der Waals surface area contributed by atoms with E-state index in [0.717, 1.165) is 0 Å². The van der Waals surface area contributed by atoms with Crippen molar-refractivity contribution in [2.75, 3.05) is 35.5 Å².